The first kappa shape index (κ1) is 14.6. The van der Waals surface area contributed by atoms with Gasteiger partial charge in [0.05, 0.1) is 19.3 Å². The van der Waals surface area contributed by atoms with Crippen LogP contribution in [0.1, 0.15) is 28.5 Å². The molecule has 1 aromatic carbocycles. The Morgan fingerprint density at radius 2 is 2.23 bits per heavy atom. The molecule has 6 nitrogen and oxygen atoms in total. The normalized spacial score (nSPS) is 21.1. The highest BCUT2D eigenvalue weighted by molar-refractivity contribution is 5.93. The number of likely N-dealkylation sites (tertiary alicyclic amines) is 1. The van der Waals surface area contributed by atoms with E-state index >= 15 is 0 Å². The number of amides is 1. The molecule has 1 saturated heterocycles. The Hall–Kier alpha value is -2.34. The van der Waals surface area contributed by atoms with E-state index in [0.29, 0.717) is 18.7 Å². The molecule has 0 radical (unpaired) electrons. The lowest BCUT2D eigenvalue weighted by Gasteiger charge is -2.25. The third-order valence-electron chi connectivity index (χ3n) is 4.06. The fraction of sp³-hybridized carbons (Fsp3) is 0.375. The summed E-state index contributed by atoms with van der Waals surface area (Å²) in [6.45, 7) is 0.325. The van der Waals surface area contributed by atoms with Gasteiger partial charge in [0.2, 0.25) is 0 Å². The third-order valence-corrected chi connectivity index (χ3v) is 4.06. The van der Waals surface area contributed by atoms with Crippen molar-refractivity contribution in [2.75, 3.05) is 13.7 Å². The highest BCUT2D eigenvalue weighted by Gasteiger charge is 2.36. The molecule has 6 heteroatoms. The lowest BCUT2D eigenvalue weighted by molar-refractivity contribution is 0.0704. The van der Waals surface area contributed by atoms with Crippen molar-refractivity contribution in [1.29, 1.82) is 0 Å². The smallest absolute Gasteiger partial charge is 0.272 e. The Morgan fingerprint density at radius 1 is 1.41 bits per heavy atom. The van der Waals surface area contributed by atoms with Crippen LogP contribution < -0.4 is 4.74 Å². The fourth-order valence-corrected chi connectivity index (χ4v) is 2.93. The molecular formula is C16H19N3O3. The van der Waals surface area contributed by atoms with Crippen molar-refractivity contribution in [2.24, 2.45) is 7.05 Å². The van der Waals surface area contributed by atoms with Gasteiger partial charge in [0.1, 0.15) is 11.4 Å². The van der Waals surface area contributed by atoms with Crippen LogP contribution in [0.3, 0.4) is 0 Å². The first-order valence-electron chi connectivity index (χ1n) is 7.21. The summed E-state index contributed by atoms with van der Waals surface area (Å²) < 4.78 is 6.80. The molecule has 1 aliphatic rings. The molecule has 2 aromatic rings. The molecule has 0 unspecified atom stereocenters. The number of hydrogen-bond acceptors (Lipinski definition) is 4. The van der Waals surface area contributed by atoms with Crippen molar-refractivity contribution in [3.8, 4) is 5.75 Å². The molecule has 1 N–H and O–H groups in total. The van der Waals surface area contributed by atoms with Crippen molar-refractivity contribution in [2.45, 2.75) is 18.6 Å². The van der Waals surface area contributed by atoms with E-state index in [1.165, 1.54) is 0 Å². The second-order valence-corrected chi connectivity index (χ2v) is 5.48. The Bertz CT molecular complexity index is 683. The summed E-state index contributed by atoms with van der Waals surface area (Å²) in [7, 11) is 3.35. The summed E-state index contributed by atoms with van der Waals surface area (Å²) >= 11 is 0. The summed E-state index contributed by atoms with van der Waals surface area (Å²) in [5.74, 6) is 0.621. The standard InChI is InChI=1S/C16H19N3O3/c1-18-14(6-7-17-18)16(21)19-10-12(20)9-15(19)11-4-3-5-13(8-11)22-2/h3-8,12,15,20H,9-10H2,1-2H3/t12-,15-/m0/s1. The predicted octanol–water partition coefficient (Wildman–Crippen LogP) is 1.38. The Morgan fingerprint density at radius 3 is 2.91 bits per heavy atom. The van der Waals surface area contributed by atoms with E-state index in [0.717, 1.165) is 11.3 Å². The monoisotopic (exact) mass is 301 g/mol. The van der Waals surface area contributed by atoms with Gasteiger partial charge < -0.3 is 14.7 Å². The van der Waals surface area contributed by atoms with Crippen LogP contribution in [0.15, 0.2) is 36.5 Å². The topological polar surface area (TPSA) is 67.6 Å². The molecule has 2 heterocycles. The molecule has 1 fully saturated rings. The van der Waals surface area contributed by atoms with E-state index in [1.54, 1.807) is 36.0 Å². The van der Waals surface area contributed by atoms with Crippen LogP contribution in [0, 0.1) is 0 Å². The number of benzene rings is 1. The largest absolute Gasteiger partial charge is 0.497 e. The molecule has 1 aliphatic heterocycles. The van der Waals surface area contributed by atoms with E-state index in [9.17, 15) is 9.90 Å². The molecule has 116 valence electrons. The Kier molecular flexibility index (Phi) is 3.85. The molecule has 22 heavy (non-hydrogen) atoms. The maximum Gasteiger partial charge on any atom is 0.272 e. The second kappa shape index (κ2) is 5.81. The molecule has 3 rings (SSSR count). The van der Waals surface area contributed by atoms with Gasteiger partial charge in [-0.25, -0.2) is 0 Å². The summed E-state index contributed by atoms with van der Waals surface area (Å²) in [5, 5.41) is 14.1. The lowest BCUT2D eigenvalue weighted by atomic mass is 10.0. The number of aliphatic hydroxyl groups is 1. The molecule has 1 aromatic heterocycles. The first-order valence-corrected chi connectivity index (χ1v) is 7.21. The number of rotatable bonds is 3. The lowest BCUT2D eigenvalue weighted by Crippen LogP contribution is -2.33. The third kappa shape index (κ3) is 2.57. The van der Waals surface area contributed by atoms with Gasteiger partial charge in [0.25, 0.3) is 5.91 Å². The van der Waals surface area contributed by atoms with Gasteiger partial charge in [0.15, 0.2) is 0 Å². The molecule has 0 spiro atoms. The Labute approximate surface area is 128 Å². The van der Waals surface area contributed by atoms with Crippen LogP contribution in [0.2, 0.25) is 0 Å². The SMILES string of the molecule is COc1cccc([C@@H]2C[C@H](O)CN2C(=O)c2ccnn2C)c1. The molecular weight excluding hydrogens is 282 g/mol. The number of methoxy groups -OCH3 is 1. The summed E-state index contributed by atoms with van der Waals surface area (Å²) in [6.07, 6.45) is 1.60. The number of ether oxygens (including phenoxy) is 1. The average Bonchev–Trinajstić information content (AvgIpc) is 3.12. The summed E-state index contributed by atoms with van der Waals surface area (Å²) in [5.41, 5.74) is 1.48. The first-order chi connectivity index (χ1) is 10.6. The van der Waals surface area contributed by atoms with Gasteiger partial charge in [-0.05, 0) is 30.2 Å². The van der Waals surface area contributed by atoms with E-state index < -0.39 is 6.10 Å². The van der Waals surface area contributed by atoms with Gasteiger partial charge in [-0.3, -0.25) is 9.48 Å². The quantitative estimate of drug-likeness (QED) is 0.930. The minimum absolute atomic E-state index is 0.121. The number of nitrogens with zero attached hydrogens (tertiary/aromatic N) is 3. The number of aromatic nitrogens is 2. The zero-order chi connectivity index (χ0) is 15.7. The van der Waals surface area contributed by atoms with E-state index in [-0.39, 0.29) is 11.9 Å². The van der Waals surface area contributed by atoms with Crippen molar-refractivity contribution in [3.05, 3.63) is 47.8 Å². The minimum atomic E-state index is -0.520. The van der Waals surface area contributed by atoms with Crippen molar-refractivity contribution >= 4 is 5.91 Å². The number of aliphatic hydroxyl groups excluding tert-OH is 1. The molecule has 0 aliphatic carbocycles. The van der Waals surface area contributed by atoms with Crippen molar-refractivity contribution < 1.29 is 14.6 Å². The highest BCUT2D eigenvalue weighted by atomic mass is 16.5. The van der Waals surface area contributed by atoms with Crippen LogP contribution >= 0.6 is 0 Å². The van der Waals surface area contributed by atoms with Gasteiger partial charge >= 0.3 is 0 Å². The number of carbonyl (C=O) groups is 1. The van der Waals surface area contributed by atoms with E-state index in [2.05, 4.69) is 5.10 Å². The van der Waals surface area contributed by atoms with E-state index in [4.69, 9.17) is 4.74 Å². The maximum atomic E-state index is 12.7. The minimum Gasteiger partial charge on any atom is -0.497 e. The maximum absolute atomic E-state index is 12.7. The average molecular weight is 301 g/mol. The number of hydrogen-bond donors (Lipinski definition) is 1. The van der Waals surface area contributed by atoms with E-state index in [1.807, 2.05) is 24.3 Å². The number of carbonyl (C=O) groups excluding carboxylic acids is 1. The summed E-state index contributed by atoms with van der Waals surface area (Å²) in [6, 6.07) is 9.15. The van der Waals surface area contributed by atoms with Gasteiger partial charge in [-0.1, -0.05) is 12.1 Å². The summed E-state index contributed by atoms with van der Waals surface area (Å²) in [4.78, 5) is 14.4. The van der Waals surface area contributed by atoms with Crippen LogP contribution in [0.4, 0.5) is 0 Å². The van der Waals surface area contributed by atoms with Crippen molar-refractivity contribution in [3.63, 3.8) is 0 Å². The Balaban J connectivity index is 1.92. The number of β-amino-alcohol motifs (C(OH)–C–C–N with tert-alkyl or cyclic N) is 1. The van der Waals surface area contributed by atoms with Crippen molar-refractivity contribution in [1.82, 2.24) is 14.7 Å². The van der Waals surface area contributed by atoms with Gasteiger partial charge in [0, 0.05) is 19.8 Å². The molecule has 2 atom stereocenters. The van der Waals surface area contributed by atoms with Gasteiger partial charge in [-0.2, -0.15) is 5.10 Å². The highest BCUT2D eigenvalue weighted by Crippen LogP contribution is 2.34. The second-order valence-electron chi connectivity index (χ2n) is 5.48. The molecule has 1 amide bonds. The zero-order valence-electron chi connectivity index (χ0n) is 12.6. The fourth-order valence-electron chi connectivity index (χ4n) is 2.93. The van der Waals surface area contributed by atoms with Crippen LogP contribution in [-0.4, -0.2) is 45.5 Å². The molecule has 0 saturated carbocycles. The van der Waals surface area contributed by atoms with Crippen LogP contribution in [0.25, 0.3) is 0 Å². The zero-order valence-corrected chi connectivity index (χ0v) is 12.6. The predicted molar refractivity (Wildman–Crippen MR) is 80.6 cm³/mol. The van der Waals surface area contributed by atoms with Gasteiger partial charge in [-0.15, -0.1) is 0 Å². The van der Waals surface area contributed by atoms with Crippen LogP contribution in [-0.2, 0) is 7.05 Å². The van der Waals surface area contributed by atoms with Crippen LogP contribution in [0.5, 0.6) is 5.75 Å². The number of aryl methyl sites for hydroxylation is 1. The molecule has 0 bridgehead atoms.